The summed E-state index contributed by atoms with van der Waals surface area (Å²) < 4.78 is 27.2. The molecule has 1 aliphatic heterocycles. The van der Waals surface area contributed by atoms with E-state index in [2.05, 4.69) is 4.98 Å². The molecule has 3 rings (SSSR count). The smallest absolute Gasteiger partial charge is 0.243 e. The Kier molecular flexibility index (Phi) is 3.69. The first kappa shape index (κ1) is 14.4. The first-order valence-electron chi connectivity index (χ1n) is 6.70. The zero-order valence-corrected chi connectivity index (χ0v) is 12.9. The van der Waals surface area contributed by atoms with Crippen molar-refractivity contribution in [3.8, 4) is 0 Å². The van der Waals surface area contributed by atoms with E-state index < -0.39 is 10.0 Å². The molecule has 21 heavy (non-hydrogen) atoms. The van der Waals surface area contributed by atoms with Gasteiger partial charge in [0.05, 0.1) is 21.6 Å². The van der Waals surface area contributed by atoms with Crippen molar-refractivity contribution >= 4 is 27.3 Å². The number of rotatable bonds is 3. The van der Waals surface area contributed by atoms with Crippen LogP contribution in [0, 0.1) is 0 Å². The third kappa shape index (κ3) is 2.54. The third-order valence-corrected chi connectivity index (χ3v) is 6.01. The van der Waals surface area contributed by atoms with Crippen molar-refractivity contribution in [3.05, 3.63) is 47.2 Å². The molecule has 1 unspecified atom stereocenters. The molecular formula is C14H16ClN3O2S. The first-order chi connectivity index (χ1) is 10.00. The fraction of sp³-hybridized carbons (Fsp3) is 0.286. The van der Waals surface area contributed by atoms with Gasteiger partial charge in [0.2, 0.25) is 10.0 Å². The predicted octanol–water partition coefficient (Wildman–Crippen LogP) is 2.78. The molecule has 0 radical (unpaired) electrons. The van der Waals surface area contributed by atoms with Crippen LogP contribution in [0.3, 0.4) is 0 Å². The van der Waals surface area contributed by atoms with Crippen LogP contribution in [0.25, 0.3) is 0 Å². The van der Waals surface area contributed by atoms with E-state index in [1.807, 2.05) is 12.1 Å². The van der Waals surface area contributed by atoms with Crippen LogP contribution >= 0.6 is 11.6 Å². The number of nitrogens with two attached hydrogens (primary N) is 1. The maximum absolute atomic E-state index is 12.8. The molecule has 112 valence electrons. The standard InChI is InChI=1S/C14H16ClN3O2S/c15-11-6-5-10(9-12(11)16)21(19,20)18-8-2-4-14(18)13-3-1-7-17-13/h1,3,5-7,9,14,17H,2,4,8,16H2. The van der Waals surface area contributed by atoms with Gasteiger partial charge < -0.3 is 10.7 Å². The Labute approximate surface area is 128 Å². The third-order valence-electron chi connectivity index (χ3n) is 3.76. The molecule has 1 aliphatic rings. The fourth-order valence-corrected chi connectivity index (χ4v) is 4.54. The minimum absolute atomic E-state index is 0.151. The Bertz CT molecular complexity index is 744. The topological polar surface area (TPSA) is 79.2 Å². The molecule has 5 nitrogen and oxygen atoms in total. The molecule has 7 heteroatoms. The van der Waals surface area contributed by atoms with Crippen LogP contribution in [0.2, 0.25) is 5.02 Å². The second-order valence-corrected chi connectivity index (χ2v) is 7.38. The zero-order valence-electron chi connectivity index (χ0n) is 11.3. The lowest BCUT2D eigenvalue weighted by molar-refractivity contribution is 0.391. The van der Waals surface area contributed by atoms with Crippen molar-refractivity contribution in [1.82, 2.24) is 9.29 Å². The number of nitrogens with zero attached hydrogens (tertiary/aromatic N) is 1. The molecule has 1 atom stereocenters. The van der Waals surface area contributed by atoms with Gasteiger partial charge in [-0.2, -0.15) is 4.31 Å². The maximum Gasteiger partial charge on any atom is 0.243 e. The molecule has 1 aromatic carbocycles. The number of anilines is 1. The van der Waals surface area contributed by atoms with Crippen LogP contribution in [-0.4, -0.2) is 24.3 Å². The van der Waals surface area contributed by atoms with E-state index in [-0.39, 0.29) is 16.6 Å². The summed E-state index contributed by atoms with van der Waals surface area (Å²) in [4.78, 5) is 3.28. The van der Waals surface area contributed by atoms with Gasteiger partial charge in [0, 0.05) is 18.4 Å². The lowest BCUT2D eigenvalue weighted by Gasteiger charge is -2.23. The van der Waals surface area contributed by atoms with Crippen LogP contribution in [0.5, 0.6) is 0 Å². The van der Waals surface area contributed by atoms with Crippen LogP contribution in [0.4, 0.5) is 5.69 Å². The van der Waals surface area contributed by atoms with Crippen molar-refractivity contribution in [2.24, 2.45) is 0 Å². The Morgan fingerprint density at radius 3 is 2.81 bits per heavy atom. The van der Waals surface area contributed by atoms with Gasteiger partial charge >= 0.3 is 0 Å². The van der Waals surface area contributed by atoms with E-state index in [0.29, 0.717) is 11.6 Å². The minimum Gasteiger partial charge on any atom is -0.397 e. The van der Waals surface area contributed by atoms with Crippen molar-refractivity contribution < 1.29 is 8.42 Å². The van der Waals surface area contributed by atoms with Gasteiger partial charge in [-0.3, -0.25) is 0 Å². The normalized spacial score (nSPS) is 20.0. The maximum atomic E-state index is 12.8. The van der Waals surface area contributed by atoms with Crippen molar-refractivity contribution in [1.29, 1.82) is 0 Å². The molecule has 1 aromatic heterocycles. The number of nitrogen functional groups attached to an aromatic ring is 1. The van der Waals surface area contributed by atoms with E-state index in [0.717, 1.165) is 18.5 Å². The van der Waals surface area contributed by atoms with Gasteiger partial charge in [0.15, 0.2) is 0 Å². The monoisotopic (exact) mass is 325 g/mol. The highest BCUT2D eigenvalue weighted by molar-refractivity contribution is 7.89. The lowest BCUT2D eigenvalue weighted by atomic mass is 10.2. The average Bonchev–Trinajstić information content (AvgIpc) is 3.11. The Morgan fingerprint density at radius 1 is 1.33 bits per heavy atom. The molecule has 0 saturated carbocycles. The van der Waals surface area contributed by atoms with Crippen LogP contribution in [0.1, 0.15) is 24.6 Å². The second-order valence-electron chi connectivity index (χ2n) is 5.08. The summed E-state index contributed by atoms with van der Waals surface area (Å²) in [5.41, 5.74) is 6.91. The highest BCUT2D eigenvalue weighted by Crippen LogP contribution is 2.36. The molecular weight excluding hydrogens is 310 g/mol. The highest BCUT2D eigenvalue weighted by Gasteiger charge is 2.36. The van der Waals surface area contributed by atoms with Gasteiger partial charge in [-0.25, -0.2) is 8.42 Å². The minimum atomic E-state index is -3.58. The van der Waals surface area contributed by atoms with Crippen molar-refractivity contribution in [2.75, 3.05) is 12.3 Å². The number of nitrogens with one attached hydrogen (secondary N) is 1. The number of H-pyrrole nitrogens is 1. The predicted molar refractivity (Wildman–Crippen MR) is 82.5 cm³/mol. The molecule has 0 bridgehead atoms. The number of aromatic nitrogens is 1. The molecule has 0 aliphatic carbocycles. The molecule has 0 spiro atoms. The summed E-state index contributed by atoms with van der Waals surface area (Å²) >= 11 is 5.86. The van der Waals surface area contributed by atoms with Gasteiger partial charge in [-0.05, 0) is 43.2 Å². The van der Waals surface area contributed by atoms with Crippen LogP contribution in [-0.2, 0) is 10.0 Å². The first-order valence-corrected chi connectivity index (χ1v) is 8.52. The van der Waals surface area contributed by atoms with Crippen molar-refractivity contribution in [3.63, 3.8) is 0 Å². The SMILES string of the molecule is Nc1cc(S(=O)(=O)N2CCCC2c2ccc[nH]2)ccc1Cl. The molecule has 2 heterocycles. The van der Waals surface area contributed by atoms with Crippen LogP contribution < -0.4 is 5.73 Å². The molecule has 3 N–H and O–H groups in total. The lowest BCUT2D eigenvalue weighted by Crippen LogP contribution is -2.30. The summed E-state index contributed by atoms with van der Waals surface area (Å²) in [6, 6.07) is 8.07. The van der Waals surface area contributed by atoms with Gasteiger partial charge in [-0.1, -0.05) is 11.6 Å². The number of hydrogen-bond acceptors (Lipinski definition) is 3. The average molecular weight is 326 g/mol. The van der Waals surface area contributed by atoms with E-state index in [1.165, 1.54) is 22.5 Å². The number of hydrogen-bond donors (Lipinski definition) is 2. The molecule has 1 saturated heterocycles. The van der Waals surface area contributed by atoms with Gasteiger partial charge in [0.25, 0.3) is 0 Å². The van der Waals surface area contributed by atoms with E-state index in [9.17, 15) is 8.42 Å². The Hall–Kier alpha value is -1.50. The molecule has 2 aromatic rings. The summed E-state index contributed by atoms with van der Waals surface area (Å²) in [5.74, 6) is 0. The highest BCUT2D eigenvalue weighted by atomic mass is 35.5. The quantitative estimate of drug-likeness (QED) is 0.852. The molecule has 0 amide bonds. The van der Waals surface area contributed by atoms with Gasteiger partial charge in [-0.15, -0.1) is 0 Å². The molecule has 1 fully saturated rings. The number of halogens is 1. The summed E-state index contributed by atoms with van der Waals surface area (Å²) in [5, 5.41) is 0.358. The van der Waals surface area contributed by atoms with Crippen molar-refractivity contribution in [2.45, 2.75) is 23.8 Å². The number of aromatic amines is 1. The fourth-order valence-electron chi connectivity index (χ4n) is 2.71. The summed E-state index contributed by atoms with van der Waals surface area (Å²) in [7, 11) is -3.58. The van der Waals surface area contributed by atoms with Gasteiger partial charge in [0.1, 0.15) is 0 Å². The summed E-state index contributed by atoms with van der Waals surface area (Å²) in [6.07, 6.45) is 3.45. The Balaban J connectivity index is 1.99. The van der Waals surface area contributed by atoms with E-state index in [4.69, 9.17) is 17.3 Å². The summed E-state index contributed by atoms with van der Waals surface area (Å²) in [6.45, 7) is 0.508. The van der Waals surface area contributed by atoms with Crippen LogP contribution in [0.15, 0.2) is 41.4 Å². The second kappa shape index (κ2) is 5.36. The number of sulfonamides is 1. The largest absolute Gasteiger partial charge is 0.397 e. The van der Waals surface area contributed by atoms with E-state index in [1.54, 1.807) is 6.20 Å². The van der Waals surface area contributed by atoms with E-state index >= 15 is 0 Å². The zero-order chi connectivity index (χ0) is 15.0. The Morgan fingerprint density at radius 2 is 2.14 bits per heavy atom. The number of benzene rings is 1.